The summed E-state index contributed by atoms with van der Waals surface area (Å²) in [5.41, 5.74) is 1.30. The first-order chi connectivity index (χ1) is 5.86. The van der Waals surface area contributed by atoms with Crippen molar-refractivity contribution in [3.63, 3.8) is 0 Å². The van der Waals surface area contributed by atoms with Crippen LogP contribution in [0.25, 0.3) is 5.57 Å². The fourth-order valence-corrected chi connectivity index (χ4v) is 2.04. The molecule has 4 heteroatoms. The van der Waals surface area contributed by atoms with Crippen LogP contribution in [-0.4, -0.2) is 17.5 Å². The van der Waals surface area contributed by atoms with Gasteiger partial charge in [0.25, 0.3) is 5.56 Å². The van der Waals surface area contributed by atoms with Gasteiger partial charge in [-0.15, -0.1) is 0 Å². The highest BCUT2D eigenvalue weighted by Gasteiger charge is 2.07. The second-order valence-electron chi connectivity index (χ2n) is 2.76. The molecule has 0 aliphatic carbocycles. The third kappa shape index (κ3) is 1.49. The summed E-state index contributed by atoms with van der Waals surface area (Å²) in [5, 5.41) is 3.23. The van der Waals surface area contributed by atoms with Gasteiger partial charge in [0.1, 0.15) is 0 Å². The fourth-order valence-electron chi connectivity index (χ4n) is 1.29. The molecule has 0 aromatic carbocycles. The van der Waals surface area contributed by atoms with E-state index in [9.17, 15) is 4.79 Å². The Bertz CT molecular complexity index is 350. The van der Waals surface area contributed by atoms with E-state index in [1.54, 1.807) is 6.07 Å². The van der Waals surface area contributed by atoms with Gasteiger partial charge in [-0.05, 0) is 18.5 Å². The van der Waals surface area contributed by atoms with Crippen molar-refractivity contribution in [3.05, 3.63) is 27.4 Å². The Morgan fingerprint density at radius 1 is 1.50 bits per heavy atom. The van der Waals surface area contributed by atoms with Crippen molar-refractivity contribution >= 4 is 17.1 Å². The Hall–Kier alpha value is -0.870. The Kier molecular flexibility index (Phi) is 2.10. The first kappa shape index (κ1) is 7.76. The van der Waals surface area contributed by atoms with E-state index in [1.165, 1.54) is 17.1 Å². The highest BCUT2D eigenvalue weighted by molar-refractivity contribution is 7.06. The van der Waals surface area contributed by atoms with Gasteiger partial charge in [-0.2, -0.15) is 0 Å². The highest BCUT2D eigenvalue weighted by atomic mass is 32.1. The van der Waals surface area contributed by atoms with Crippen LogP contribution in [0, 0.1) is 0 Å². The van der Waals surface area contributed by atoms with Crippen LogP contribution in [-0.2, 0) is 0 Å². The molecule has 0 atom stereocenters. The maximum atomic E-state index is 10.8. The third-order valence-electron chi connectivity index (χ3n) is 1.90. The third-order valence-corrected chi connectivity index (χ3v) is 2.81. The molecule has 0 saturated heterocycles. The van der Waals surface area contributed by atoms with Gasteiger partial charge in [0.2, 0.25) is 0 Å². The minimum absolute atomic E-state index is 0.00873. The number of hydrogen-bond acceptors (Lipinski definition) is 3. The second kappa shape index (κ2) is 3.25. The van der Waals surface area contributed by atoms with Crippen molar-refractivity contribution in [3.8, 4) is 0 Å². The molecule has 1 aliphatic heterocycles. The summed E-state index contributed by atoms with van der Waals surface area (Å²) in [4.78, 5) is 11.9. The fraction of sp³-hybridized carbons (Fsp3) is 0.375. The van der Waals surface area contributed by atoms with E-state index >= 15 is 0 Å². The van der Waals surface area contributed by atoms with Crippen molar-refractivity contribution in [2.45, 2.75) is 6.42 Å². The van der Waals surface area contributed by atoms with Crippen molar-refractivity contribution in [1.29, 1.82) is 0 Å². The minimum Gasteiger partial charge on any atom is -0.313 e. The standard InChI is InChI=1S/C8H10N2OS/c11-8-5-7(12-10-8)6-1-3-9-4-2-6/h1,5,9H,2-4H2,(H,10,11). The zero-order valence-electron chi connectivity index (χ0n) is 6.59. The molecular formula is C8H10N2OS. The summed E-state index contributed by atoms with van der Waals surface area (Å²) in [6.45, 7) is 1.93. The van der Waals surface area contributed by atoms with Crippen LogP contribution in [0.3, 0.4) is 0 Å². The molecule has 0 saturated carbocycles. The van der Waals surface area contributed by atoms with E-state index in [0.717, 1.165) is 24.4 Å². The van der Waals surface area contributed by atoms with E-state index in [4.69, 9.17) is 0 Å². The molecule has 0 amide bonds. The van der Waals surface area contributed by atoms with Gasteiger partial charge in [0.15, 0.2) is 0 Å². The average molecular weight is 182 g/mol. The average Bonchev–Trinajstić information content (AvgIpc) is 2.54. The summed E-state index contributed by atoms with van der Waals surface area (Å²) in [7, 11) is 0. The summed E-state index contributed by atoms with van der Waals surface area (Å²) in [6.07, 6.45) is 3.16. The molecule has 1 aromatic heterocycles. The van der Waals surface area contributed by atoms with Crippen LogP contribution >= 0.6 is 11.5 Å². The molecule has 64 valence electrons. The smallest absolute Gasteiger partial charge is 0.258 e. The molecular weight excluding hydrogens is 172 g/mol. The maximum Gasteiger partial charge on any atom is 0.258 e. The molecule has 0 bridgehead atoms. The lowest BCUT2D eigenvalue weighted by molar-refractivity contribution is 0.739. The number of aromatic amines is 1. The topological polar surface area (TPSA) is 44.9 Å². The number of nitrogens with one attached hydrogen (secondary N) is 2. The van der Waals surface area contributed by atoms with Crippen molar-refractivity contribution in [2.24, 2.45) is 0 Å². The van der Waals surface area contributed by atoms with Crippen LogP contribution in [0.15, 0.2) is 16.9 Å². The van der Waals surface area contributed by atoms with Crippen LogP contribution in [0.2, 0.25) is 0 Å². The van der Waals surface area contributed by atoms with Gasteiger partial charge in [-0.1, -0.05) is 17.6 Å². The molecule has 2 heterocycles. The van der Waals surface area contributed by atoms with Crippen LogP contribution in [0.5, 0.6) is 0 Å². The predicted octanol–water partition coefficient (Wildman–Crippen LogP) is 0.813. The van der Waals surface area contributed by atoms with Crippen LogP contribution < -0.4 is 10.9 Å². The lowest BCUT2D eigenvalue weighted by Gasteiger charge is -2.11. The van der Waals surface area contributed by atoms with Crippen molar-refractivity contribution in [2.75, 3.05) is 13.1 Å². The van der Waals surface area contributed by atoms with E-state index < -0.39 is 0 Å². The number of H-pyrrole nitrogens is 1. The molecule has 1 aromatic rings. The quantitative estimate of drug-likeness (QED) is 0.675. The van der Waals surface area contributed by atoms with Gasteiger partial charge >= 0.3 is 0 Å². The maximum absolute atomic E-state index is 10.8. The van der Waals surface area contributed by atoms with Gasteiger partial charge < -0.3 is 5.32 Å². The van der Waals surface area contributed by atoms with E-state index in [2.05, 4.69) is 15.8 Å². The Morgan fingerprint density at radius 3 is 3.00 bits per heavy atom. The van der Waals surface area contributed by atoms with Gasteiger partial charge in [0.05, 0.1) is 4.88 Å². The van der Waals surface area contributed by atoms with E-state index in [-0.39, 0.29) is 5.56 Å². The minimum atomic E-state index is 0.00873. The van der Waals surface area contributed by atoms with Gasteiger partial charge in [-0.3, -0.25) is 9.17 Å². The largest absolute Gasteiger partial charge is 0.313 e. The van der Waals surface area contributed by atoms with Crippen molar-refractivity contribution < 1.29 is 0 Å². The summed E-state index contributed by atoms with van der Waals surface area (Å²) >= 11 is 1.42. The SMILES string of the molecule is O=c1cc(C2=CCNCC2)s[nH]1. The molecule has 0 radical (unpaired) electrons. The molecule has 2 rings (SSSR count). The molecule has 0 fully saturated rings. The van der Waals surface area contributed by atoms with E-state index in [0.29, 0.717) is 0 Å². The first-order valence-electron chi connectivity index (χ1n) is 3.95. The zero-order valence-corrected chi connectivity index (χ0v) is 7.41. The molecule has 1 aliphatic rings. The number of aromatic nitrogens is 1. The summed E-state index contributed by atoms with van der Waals surface area (Å²) in [6, 6.07) is 1.67. The lowest BCUT2D eigenvalue weighted by atomic mass is 10.1. The molecule has 0 unspecified atom stereocenters. The van der Waals surface area contributed by atoms with Gasteiger partial charge in [0, 0.05) is 12.6 Å². The van der Waals surface area contributed by atoms with Crippen molar-refractivity contribution in [1.82, 2.24) is 9.69 Å². The number of rotatable bonds is 1. The first-order valence-corrected chi connectivity index (χ1v) is 4.76. The zero-order chi connectivity index (χ0) is 8.39. The Morgan fingerprint density at radius 2 is 2.42 bits per heavy atom. The number of hydrogen-bond donors (Lipinski definition) is 2. The molecule has 2 N–H and O–H groups in total. The normalized spacial score (nSPS) is 17.5. The molecule has 3 nitrogen and oxygen atoms in total. The lowest BCUT2D eigenvalue weighted by Crippen LogP contribution is -2.19. The Labute approximate surface area is 74.3 Å². The Balaban J connectivity index is 2.29. The van der Waals surface area contributed by atoms with Crippen LogP contribution in [0.4, 0.5) is 0 Å². The highest BCUT2D eigenvalue weighted by Crippen LogP contribution is 2.20. The summed E-state index contributed by atoms with van der Waals surface area (Å²) < 4.78 is 2.69. The van der Waals surface area contributed by atoms with Gasteiger partial charge in [-0.25, -0.2) is 0 Å². The summed E-state index contributed by atoms with van der Waals surface area (Å²) in [5.74, 6) is 0. The molecule has 12 heavy (non-hydrogen) atoms. The van der Waals surface area contributed by atoms with Crippen LogP contribution in [0.1, 0.15) is 11.3 Å². The monoisotopic (exact) mass is 182 g/mol. The second-order valence-corrected chi connectivity index (χ2v) is 3.61. The predicted molar refractivity (Wildman–Crippen MR) is 50.4 cm³/mol. The molecule has 0 spiro atoms. The van der Waals surface area contributed by atoms with E-state index in [1.807, 2.05) is 0 Å².